The molecule has 0 aromatic heterocycles. The maximum absolute atomic E-state index is 11.0. The Balaban J connectivity index is 1.81. The fourth-order valence-electron chi connectivity index (χ4n) is 3.03. The lowest BCUT2D eigenvalue weighted by atomic mass is 10.1. The van der Waals surface area contributed by atoms with Crippen LogP contribution in [0.15, 0.2) is 36.4 Å². The Bertz CT molecular complexity index is 685. The first kappa shape index (κ1) is 13.6. The summed E-state index contributed by atoms with van der Waals surface area (Å²) in [5, 5.41) is 14.5. The highest BCUT2D eigenvalue weighted by Crippen LogP contribution is 2.29. The normalized spacial score (nSPS) is 14.0. The Morgan fingerprint density at radius 2 is 1.71 bits per heavy atom. The summed E-state index contributed by atoms with van der Waals surface area (Å²) in [7, 11) is 0. The van der Waals surface area contributed by atoms with Crippen LogP contribution in [0.2, 0.25) is 0 Å². The molecule has 1 aliphatic carbocycles. The SMILES string of the molecule is Cc1cc([N+](=O)[O-])c(C)cc1NC1Cc2ccccc2C1. The van der Waals surface area contributed by atoms with Crippen molar-refractivity contribution < 1.29 is 4.92 Å². The van der Waals surface area contributed by atoms with Crippen molar-refractivity contribution in [1.82, 2.24) is 0 Å². The summed E-state index contributed by atoms with van der Waals surface area (Å²) in [6.45, 7) is 3.70. The smallest absolute Gasteiger partial charge is 0.272 e. The topological polar surface area (TPSA) is 55.2 Å². The highest BCUT2D eigenvalue weighted by molar-refractivity contribution is 5.60. The van der Waals surface area contributed by atoms with Crippen molar-refractivity contribution in [3.63, 3.8) is 0 Å². The molecule has 0 saturated heterocycles. The Kier molecular flexibility index (Phi) is 3.37. The molecule has 3 rings (SSSR count). The van der Waals surface area contributed by atoms with E-state index in [1.165, 1.54) is 11.1 Å². The predicted octanol–water partition coefficient (Wildman–Crippen LogP) is 3.79. The van der Waals surface area contributed by atoms with Crippen molar-refractivity contribution in [2.75, 3.05) is 5.32 Å². The van der Waals surface area contributed by atoms with Crippen LogP contribution in [0.1, 0.15) is 22.3 Å². The number of hydrogen-bond acceptors (Lipinski definition) is 3. The molecule has 0 radical (unpaired) electrons. The number of nitro benzene ring substituents is 1. The zero-order valence-corrected chi connectivity index (χ0v) is 12.2. The van der Waals surface area contributed by atoms with Crippen molar-refractivity contribution in [3.05, 3.63) is 68.8 Å². The van der Waals surface area contributed by atoms with Gasteiger partial charge in [0.15, 0.2) is 0 Å². The molecule has 0 atom stereocenters. The van der Waals surface area contributed by atoms with Crippen LogP contribution >= 0.6 is 0 Å². The second kappa shape index (κ2) is 5.20. The molecule has 4 nitrogen and oxygen atoms in total. The van der Waals surface area contributed by atoms with Crippen LogP contribution in [0.4, 0.5) is 11.4 Å². The van der Waals surface area contributed by atoms with Gasteiger partial charge < -0.3 is 5.32 Å². The molecule has 0 heterocycles. The predicted molar refractivity (Wildman–Crippen MR) is 83.8 cm³/mol. The van der Waals surface area contributed by atoms with E-state index >= 15 is 0 Å². The number of anilines is 1. The van der Waals surface area contributed by atoms with Crippen LogP contribution in [0, 0.1) is 24.0 Å². The monoisotopic (exact) mass is 282 g/mol. The van der Waals surface area contributed by atoms with Gasteiger partial charge in [0.2, 0.25) is 0 Å². The average molecular weight is 282 g/mol. The fourth-order valence-corrected chi connectivity index (χ4v) is 3.03. The number of fused-ring (bicyclic) bond motifs is 1. The Hall–Kier alpha value is -2.36. The third-order valence-corrected chi connectivity index (χ3v) is 4.15. The number of nitrogens with one attached hydrogen (secondary N) is 1. The molecule has 2 aromatic carbocycles. The highest BCUT2D eigenvalue weighted by Gasteiger charge is 2.22. The van der Waals surface area contributed by atoms with Crippen LogP contribution in [0.25, 0.3) is 0 Å². The molecule has 4 heteroatoms. The van der Waals surface area contributed by atoms with Gasteiger partial charge in [-0.2, -0.15) is 0 Å². The van der Waals surface area contributed by atoms with Crippen molar-refractivity contribution in [2.24, 2.45) is 0 Å². The quantitative estimate of drug-likeness (QED) is 0.688. The van der Waals surface area contributed by atoms with Gasteiger partial charge in [-0.3, -0.25) is 10.1 Å². The first-order chi connectivity index (χ1) is 10.0. The minimum absolute atomic E-state index is 0.188. The molecule has 0 amide bonds. The van der Waals surface area contributed by atoms with Crippen LogP contribution < -0.4 is 5.32 Å². The number of hydrogen-bond donors (Lipinski definition) is 1. The van der Waals surface area contributed by atoms with Gasteiger partial charge in [-0.05, 0) is 49.4 Å². The maximum Gasteiger partial charge on any atom is 0.272 e. The van der Waals surface area contributed by atoms with E-state index in [1.807, 2.05) is 13.0 Å². The molecular weight excluding hydrogens is 264 g/mol. The second-order valence-corrected chi connectivity index (χ2v) is 5.73. The summed E-state index contributed by atoms with van der Waals surface area (Å²) in [6, 6.07) is 12.4. The van der Waals surface area contributed by atoms with E-state index in [4.69, 9.17) is 0 Å². The van der Waals surface area contributed by atoms with E-state index in [0.29, 0.717) is 11.6 Å². The average Bonchev–Trinajstić information content (AvgIpc) is 2.84. The van der Waals surface area contributed by atoms with Crippen molar-refractivity contribution in [1.29, 1.82) is 0 Å². The molecular formula is C17H18N2O2. The lowest BCUT2D eigenvalue weighted by molar-refractivity contribution is -0.385. The third kappa shape index (κ3) is 2.61. The number of benzene rings is 2. The van der Waals surface area contributed by atoms with E-state index in [1.54, 1.807) is 13.0 Å². The third-order valence-electron chi connectivity index (χ3n) is 4.15. The van der Waals surface area contributed by atoms with E-state index < -0.39 is 0 Å². The number of rotatable bonds is 3. The fraction of sp³-hybridized carbons (Fsp3) is 0.294. The van der Waals surface area contributed by atoms with Crippen LogP contribution in [0.3, 0.4) is 0 Å². The zero-order valence-electron chi connectivity index (χ0n) is 12.2. The number of aryl methyl sites for hydroxylation is 2. The van der Waals surface area contributed by atoms with E-state index in [2.05, 4.69) is 29.6 Å². The van der Waals surface area contributed by atoms with Crippen molar-refractivity contribution in [3.8, 4) is 0 Å². The minimum Gasteiger partial charge on any atom is -0.381 e. The molecule has 0 aliphatic heterocycles. The molecule has 0 fully saturated rings. The molecule has 0 saturated carbocycles. The van der Waals surface area contributed by atoms with Gasteiger partial charge in [-0.25, -0.2) is 0 Å². The summed E-state index contributed by atoms with van der Waals surface area (Å²) in [4.78, 5) is 10.6. The largest absolute Gasteiger partial charge is 0.381 e. The molecule has 0 unspecified atom stereocenters. The number of nitrogens with zero attached hydrogens (tertiary/aromatic N) is 1. The summed E-state index contributed by atoms with van der Waals surface area (Å²) < 4.78 is 0. The summed E-state index contributed by atoms with van der Waals surface area (Å²) >= 11 is 0. The standard InChI is InChI=1S/C17H18N2O2/c1-11-8-17(19(20)21)12(2)7-16(11)18-15-9-13-5-3-4-6-14(13)10-15/h3-8,15,18H,9-10H2,1-2H3. The van der Waals surface area contributed by atoms with Gasteiger partial charge in [-0.15, -0.1) is 0 Å². The van der Waals surface area contributed by atoms with E-state index in [9.17, 15) is 10.1 Å². The van der Waals surface area contributed by atoms with Gasteiger partial charge in [0.05, 0.1) is 4.92 Å². The molecule has 1 aliphatic rings. The lowest BCUT2D eigenvalue weighted by Crippen LogP contribution is -2.20. The van der Waals surface area contributed by atoms with E-state index in [0.717, 1.165) is 24.1 Å². The molecule has 108 valence electrons. The van der Waals surface area contributed by atoms with Crippen LogP contribution in [0.5, 0.6) is 0 Å². The van der Waals surface area contributed by atoms with Gasteiger partial charge in [0.1, 0.15) is 0 Å². The van der Waals surface area contributed by atoms with Crippen molar-refractivity contribution >= 4 is 11.4 Å². The Morgan fingerprint density at radius 1 is 1.10 bits per heavy atom. The molecule has 2 aromatic rings. The Morgan fingerprint density at radius 3 is 2.29 bits per heavy atom. The second-order valence-electron chi connectivity index (χ2n) is 5.73. The molecule has 0 spiro atoms. The summed E-state index contributed by atoms with van der Waals surface area (Å²) in [5.74, 6) is 0. The zero-order chi connectivity index (χ0) is 15.0. The first-order valence-electron chi connectivity index (χ1n) is 7.13. The lowest BCUT2D eigenvalue weighted by Gasteiger charge is -2.16. The summed E-state index contributed by atoms with van der Waals surface area (Å²) in [6.07, 6.45) is 2.01. The van der Waals surface area contributed by atoms with E-state index in [-0.39, 0.29) is 10.6 Å². The van der Waals surface area contributed by atoms with Crippen LogP contribution in [-0.2, 0) is 12.8 Å². The van der Waals surface area contributed by atoms with Crippen molar-refractivity contribution in [2.45, 2.75) is 32.7 Å². The first-order valence-corrected chi connectivity index (χ1v) is 7.13. The Labute approximate surface area is 124 Å². The maximum atomic E-state index is 11.0. The molecule has 1 N–H and O–H groups in total. The minimum atomic E-state index is -0.322. The molecule has 21 heavy (non-hydrogen) atoms. The number of nitro groups is 1. The highest BCUT2D eigenvalue weighted by atomic mass is 16.6. The molecule has 0 bridgehead atoms. The van der Waals surface area contributed by atoms with Gasteiger partial charge in [0, 0.05) is 23.4 Å². The van der Waals surface area contributed by atoms with Crippen LogP contribution in [-0.4, -0.2) is 11.0 Å². The van der Waals surface area contributed by atoms with Gasteiger partial charge in [0.25, 0.3) is 5.69 Å². The van der Waals surface area contributed by atoms with Gasteiger partial charge >= 0.3 is 0 Å². The summed E-state index contributed by atoms with van der Waals surface area (Å²) in [5.41, 5.74) is 5.59. The van der Waals surface area contributed by atoms with Gasteiger partial charge in [-0.1, -0.05) is 24.3 Å².